The number of nitriles is 1. The molecule has 0 aliphatic carbocycles. The molecule has 2 aromatic heterocycles. The largest absolute Gasteiger partial charge is 0.341 e. The lowest BCUT2D eigenvalue weighted by Crippen LogP contribution is -2.07. The number of imidazole rings is 1. The molecule has 5 rings (SSSR count). The van der Waals surface area contributed by atoms with E-state index in [-0.39, 0.29) is 0 Å². The van der Waals surface area contributed by atoms with Crippen molar-refractivity contribution in [3.8, 4) is 17.2 Å². The van der Waals surface area contributed by atoms with Gasteiger partial charge in [-0.25, -0.2) is 4.98 Å². The Balaban J connectivity index is 1.45. The fourth-order valence-corrected chi connectivity index (χ4v) is 3.91. The Hall–Kier alpha value is -4.10. The molecule has 3 aromatic carbocycles. The highest BCUT2D eigenvalue weighted by Gasteiger charge is 2.10. The van der Waals surface area contributed by atoms with Gasteiger partial charge in [0.1, 0.15) is 0 Å². The van der Waals surface area contributed by atoms with Gasteiger partial charge in [-0.15, -0.1) is 0 Å². The zero-order valence-electron chi connectivity index (χ0n) is 16.4. The maximum absolute atomic E-state index is 8.98. The molecule has 0 radical (unpaired) electrons. The molecule has 4 heteroatoms. The molecule has 0 saturated carbocycles. The Labute approximate surface area is 175 Å². The van der Waals surface area contributed by atoms with Crippen LogP contribution in [0.1, 0.15) is 16.8 Å². The smallest absolute Gasteiger partial charge is 0.0991 e. The normalized spacial score (nSPS) is 10.9. The van der Waals surface area contributed by atoms with Gasteiger partial charge < -0.3 is 9.13 Å². The summed E-state index contributed by atoms with van der Waals surface area (Å²) < 4.78 is 4.43. The Kier molecular flexibility index (Phi) is 4.63. The highest BCUT2D eigenvalue weighted by Crippen LogP contribution is 2.29. The lowest BCUT2D eigenvalue weighted by molar-refractivity contribution is 0.698. The number of fused-ring (bicyclic) bond motifs is 1. The van der Waals surface area contributed by atoms with Crippen LogP contribution < -0.4 is 0 Å². The Morgan fingerprint density at radius 2 is 1.63 bits per heavy atom. The van der Waals surface area contributed by atoms with Crippen molar-refractivity contribution in [2.75, 3.05) is 0 Å². The summed E-state index contributed by atoms with van der Waals surface area (Å²) in [7, 11) is 0. The Morgan fingerprint density at radius 3 is 2.43 bits per heavy atom. The summed E-state index contributed by atoms with van der Waals surface area (Å²) in [6.45, 7) is 1.48. The minimum atomic E-state index is 0.678. The van der Waals surface area contributed by atoms with Crippen molar-refractivity contribution in [1.29, 1.82) is 5.26 Å². The molecule has 4 nitrogen and oxygen atoms in total. The summed E-state index contributed by atoms with van der Waals surface area (Å²) in [5.74, 6) is 0. The van der Waals surface area contributed by atoms with Crippen LogP contribution in [0.3, 0.4) is 0 Å². The molecule has 0 amide bonds. The molecule has 0 saturated heterocycles. The van der Waals surface area contributed by atoms with E-state index in [0.717, 1.165) is 24.3 Å². The van der Waals surface area contributed by atoms with Crippen molar-refractivity contribution in [3.05, 3.63) is 114 Å². The summed E-state index contributed by atoms with van der Waals surface area (Å²) in [5.41, 5.74) is 6.66. The fourth-order valence-electron chi connectivity index (χ4n) is 3.91. The first-order valence-corrected chi connectivity index (χ1v) is 9.93. The zero-order chi connectivity index (χ0) is 20.3. The van der Waals surface area contributed by atoms with Gasteiger partial charge in [-0.2, -0.15) is 5.26 Å². The second kappa shape index (κ2) is 7.73. The quantitative estimate of drug-likeness (QED) is 0.401. The number of aromatic nitrogens is 3. The zero-order valence-corrected chi connectivity index (χ0v) is 16.4. The molecule has 0 fully saturated rings. The predicted molar refractivity (Wildman–Crippen MR) is 119 cm³/mol. The van der Waals surface area contributed by atoms with E-state index in [1.807, 2.05) is 42.9 Å². The monoisotopic (exact) mass is 388 g/mol. The average Bonchev–Trinajstić information content (AvgIpc) is 3.42. The van der Waals surface area contributed by atoms with Crippen LogP contribution in [0.15, 0.2) is 97.6 Å². The second-order valence-electron chi connectivity index (χ2n) is 7.37. The molecular weight excluding hydrogens is 368 g/mol. The van der Waals surface area contributed by atoms with Crippen LogP contribution in [0.5, 0.6) is 0 Å². The van der Waals surface area contributed by atoms with E-state index in [1.54, 1.807) is 0 Å². The molecule has 0 bridgehead atoms. The minimum absolute atomic E-state index is 0.678. The number of rotatable bonds is 5. The van der Waals surface area contributed by atoms with E-state index < -0.39 is 0 Å². The van der Waals surface area contributed by atoms with Crippen LogP contribution in [-0.2, 0) is 13.1 Å². The van der Waals surface area contributed by atoms with E-state index in [2.05, 4.69) is 74.9 Å². The molecule has 0 atom stereocenters. The van der Waals surface area contributed by atoms with Crippen molar-refractivity contribution in [1.82, 2.24) is 14.1 Å². The summed E-state index contributed by atoms with van der Waals surface area (Å²) in [6, 6.07) is 29.0. The summed E-state index contributed by atoms with van der Waals surface area (Å²) in [6.07, 6.45) is 5.95. The highest BCUT2D eigenvalue weighted by molar-refractivity contribution is 5.95. The maximum atomic E-state index is 8.98. The number of hydrogen-bond acceptors (Lipinski definition) is 2. The van der Waals surface area contributed by atoms with Crippen LogP contribution in [0.25, 0.3) is 22.0 Å². The highest BCUT2D eigenvalue weighted by atomic mass is 15.1. The van der Waals surface area contributed by atoms with Crippen molar-refractivity contribution in [3.63, 3.8) is 0 Å². The molecule has 144 valence electrons. The molecule has 30 heavy (non-hydrogen) atoms. The van der Waals surface area contributed by atoms with Gasteiger partial charge in [0.2, 0.25) is 0 Å². The molecule has 0 spiro atoms. The third-order valence-electron chi connectivity index (χ3n) is 5.47. The van der Waals surface area contributed by atoms with Crippen molar-refractivity contribution < 1.29 is 0 Å². The van der Waals surface area contributed by atoms with Gasteiger partial charge in [0.15, 0.2) is 0 Å². The summed E-state index contributed by atoms with van der Waals surface area (Å²) in [5, 5.41) is 10.2. The topological polar surface area (TPSA) is 46.5 Å². The van der Waals surface area contributed by atoms with Crippen LogP contribution in [-0.4, -0.2) is 14.1 Å². The number of nitrogens with zero attached hydrogens (tertiary/aromatic N) is 4. The first-order valence-electron chi connectivity index (χ1n) is 9.93. The van der Waals surface area contributed by atoms with Crippen LogP contribution in [0.4, 0.5) is 0 Å². The second-order valence-corrected chi connectivity index (χ2v) is 7.37. The third-order valence-corrected chi connectivity index (χ3v) is 5.47. The van der Waals surface area contributed by atoms with E-state index in [1.165, 1.54) is 22.0 Å². The minimum Gasteiger partial charge on any atom is -0.341 e. The standard InChI is InChI=1S/C26H20N4/c27-15-20-9-11-21(12-10-20)17-30-19-28-16-23(30)18-29-14-13-25-24(7-4-8-26(25)29)22-5-2-1-3-6-22/h1-14,16,19H,17-18H2. The Bertz CT molecular complexity index is 1340. The molecule has 2 heterocycles. The number of benzene rings is 3. The van der Waals surface area contributed by atoms with E-state index >= 15 is 0 Å². The van der Waals surface area contributed by atoms with Gasteiger partial charge in [0, 0.05) is 29.8 Å². The molecule has 0 unspecified atom stereocenters. The first kappa shape index (κ1) is 18.0. The van der Waals surface area contributed by atoms with Gasteiger partial charge in [0.05, 0.1) is 30.2 Å². The molecule has 5 aromatic rings. The van der Waals surface area contributed by atoms with Crippen molar-refractivity contribution in [2.24, 2.45) is 0 Å². The fraction of sp³-hybridized carbons (Fsp3) is 0.0769. The van der Waals surface area contributed by atoms with E-state index in [0.29, 0.717) is 5.56 Å². The predicted octanol–water partition coefficient (Wildman–Crippen LogP) is 5.47. The van der Waals surface area contributed by atoms with Gasteiger partial charge in [-0.05, 0) is 41.0 Å². The summed E-state index contributed by atoms with van der Waals surface area (Å²) in [4.78, 5) is 4.38. The lowest BCUT2D eigenvalue weighted by Gasteiger charge is -2.11. The molecule has 0 aliphatic rings. The van der Waals surface area contributed by atoms with Crippen LogP contribution >= 0.6 is 0 Å². The maximum Gasteiger partial charge on any atom is 0.0991 e. The van der Waals surface area contributed by atoms with Crippen LogP contribution in [0.2, 0.25) is 0 Å². The Morgan fingerprint density at radius 1 is 0.800 bits per heavy atom. The van der Waals surface area contributed by atoms with Gasteiger partial charge in [-0.1, -0.05) is 54.6 Å². The van der Waals surface area contributed by atoms with Crippen molar-refractivity contribution >= 4 is 10.9 Å². The van der Waals surface area contributed by atoms with E-state index in [4.69, 9.17) is 5.26 Å². The van der Waals surface area contributed by atoms with Gasteiger partial charge >= 0.3 is 0 Å². The van der Waals surface area contributed by atoms with Gasteiger partial charge in [-0.3, -0.25) is 0 Å². The number of hydrogen-bond donors (Lipinski definition) is 0. The lowest BCUT2D eigenvalue weighted by atomic mass is 10.0. The van der Waals surface area contributed by atoms with Crippen molar-refractivity contribution in [2.45, 2.75) is 13.1 Å². The average molecular weight is 388 g/mol. The molecule has 0 aliphatic heterocycles. The van der Waals surface area contributed by atoms with Gasteiger partial charge in [0.25, 0.3) is 0 Å². The molecule has 0 N–H and O–H groups in total. The summed E-state index contributed by atoms with van der Waals surface area (Å²) >= 11 is 0. The molecular formula is C26H20N4. The third kappa shape index (κ3) is 3.38. The first-order chi connectivity index (χ1) is 14.8. The van der Waals surface area contributed by atoms with Crippen LogP contribution in [0, 0.1) is 11.3 Å². The van der Waals surface area contributed by atoms with E-state index in [9.17, 15) is 0 Å². The SMILES string of the molecule is N#Cc1ccc(Cn2cncc2Cn2ccc3c(-c4ccccc4)cccc32)cc1.